The molecule has 0 aromatic rings. The highest BCUT2D eigenvalue weighted by Crippen LogP contribution is 2.24. The van der Waals surface area contributed by atoms with Crippen LogP contribution >= 0.6 is 12.4 Å². The van der Waals surface area contributed by atoms with Gasteiger partial charge in [-0.05, 0) is 0 Å². The van der Waals surface area contributed by atoms with Gasteiger partial charge in [-0.3, -0.25) is 0 Å². The van der Waals surface area contributed by atoms with Crippen LogP contribution in [0.15, 0.2) is 0 Å². The molecule has 0 unspecified atom stereocenters. The smallest absolute Gasteiger partial charge is 0.395 e. The Balaban J connectivity index is 0.00000144. The lowest BCUT2D eigenvalue weighted by atomic mass is 10.2. The fourth-order valence-corrected chi connectivity index (χ4v) is 0.951. The molecule has 7 heteroatoms. The molecular weight excluding hydrogens is 211 g/mol. The molecule has 1 heterocycles. The summed E-state index contributed by atoms with van der Waals surface area (Å²) in [5, 5.41) is 11.1. The maximum Gasteiger partial charge on any atom is 0.415 e. The molecule has 0 aliphatic carbocycles. The molecule has 0 amide bonds. The van der Waals surface area contributed by atoms with Crippen molar-refractivity contribution >= 4 is 12.4 Å². The lowest BCUT2D eigenvalue weighted by Gasteiger charge is -2.30. The highest BCUT2D eigenvalue weighted by Gasteiger charge is 2.42. The van der Waals surface area contributed by atoms with Crippen LogP contribution in [0.5, 0.6) is 0 Å². The van der Waals surface area contributed by atoms with Crippen molar-refractivity contribution in [2.75, 3.05) is 19.8 Å². The van der Waals surface area contributed by atoms with E-state index in [-0.39, 0.29) is 38.2 Å². The lowest BCUT2D eigenvalue weighted by Crippen LogP contribution is -2.53. The van der Waals surface area contributed by atoms with Gasteiger partial charge in [-0.1, -0.05) is 0 Å². The molecule has 0 aromatic carbocycles. The number of hydrogen-bond acceptors (Lipinski definition) is 3. The number of morpholine rings is 1. The number of alkyl halides is 3. The van der Waals surface area contributed by atoms with E-state index < -0.39 is 12.3 Å². The maximum atomic E-state index is 11.9. The van der Waals surface area contributed by atoms with Crippen LogP contribution in [0.3, 0.4) is 0 Å². The summed E-state index contributed by atoms with van der Waals surface area (Å²) in [6, 6.07) is -0.372. The second-order valence-electron chi connectivity index (χ2n) is 2.65. The SMILES string of the molecule is Cl.OC[C@@H]1CO[C@@H](C(F)(F)F)CN1. The van der Waals surface area contributed by atoms with Crippen molar-refractivity contribution in [2.24, 2.45) is 0 Å². The average molecular weight is 222 g/mol. The molecule has 0 radical (unpaired) electrons. The average Bonchev–Trinajstić information content (AvgIpc) is 2.03. The first kappa shape index (κ1) is 13.0. The summed E-state index contributed by atoms with van der Waals surface area (Å²) in [5.74, 6) is 0. The number of nitrogens with one attached hydrogen (secondary N) is 1. The maximum absolute atomic E-state index is 11.9. The molecule has 2 N–H and O–H groups in total. The van der Waals surface area contributed by atoms with Crippen molar-refractivity contribution in [3.05, 3.63) is 0 Å². The summed E-state index contributed by atoms with van der Waals surface area (Å²) in [4.78, 5) is 0. The molecule has 1 rings (SSSR count). The second-order valence-corrected chi connectivity index (χ2v) is 2.65. The topological polar surface area (TPSA) is 41.5 Å². The Labute approximate surface area is 79.7 Å². The fourth-order valence-electron chi connectivity index (χ4n) is 0.951. The van der Waals surface area contributed by atoms with Gasteiger partial charge in [-0.25, -0.2) is 0 Å². The molecule has 0 saturated carbocycles. The highest BCUT2D eigenvalue weighted by molar-refractivity contribution is 5.85. The number of hydrogen-bond donors (Lipinski definition) is 2. The first-order valence-corrected chi connectivity index (χ1v) is 3.56. The summed E-state index contributed by atoms with van der Waals surface area (Å²) in [6.07, 6.45) is -6.05. The molecule has 1 fully saturated rings. The van der Waals surface area contributed by atoms with E-state index in [1.807, 2.05) is 0 Å². The van der Waals surface area contributed by atoms with Gasteiger partial charge in [0.2, 0.25) is 0 Å². The van der Waals surface area contributed by atoms with Crippen LogP contribution < -0.4 is 5.32 Å². The van der Waals surface area contributed by atoms with Gasteiger partial charge < -0.3 is 15.2 Å². The Bertz CT molecular complexity index is 147. The van der Waals surface area contributed by atoms with Crippen LogP contribution in [0.2, 0.25) is 0 Å². The third-order valence-electron chi connectivity index (χ3n) is 1.68. The predicted molar refractivity (Wildman–Crippen MR) is 41.9 cm³/mol. The van der Waals surface area contributed by atoms with Crippen LogP contribution in [0, 0.1) is 0 Å². The summed E-state index contributed by atoms with van der Waals surface area (Å²) >= 11 is 0. The zero-order chi connectivity index (χ0) is 9.19. The number of rotatable bonds is 1. The van der Waals surface area contributed by atoms with Crippen molar-refractivity contribution in [3.63, 3.8) is 0 Å². The van der Waals surface area contributed by atoms with Gasteiger partial charge in [0.25, 0.3) is 0 Å². The van der Waals surface area contributed by atoms with Gasteiger partial charge in [0.1, 0.15) is 0 Å². The standard InChI is InChI=1S/C6H10F3NO2.ClH/c7-6(8,9)5-1-10-4(2-11)3-12-5;/h4-5,10-11H,1-3H2;1H/t4-,5-;/m1./s1. The molecule has 1 aliphatic rings. The number of halogens is 4. The molecule has 3 nitrogen and oxygen atoms in total. The summed E-state index contributed by atoms with van der Waals surface area (Å²) < 4.78 is 40.3. The molecule has 80 valence electrons. The Morgan fingerprint density at radius 3 is 2.38 bits per heavy atom. The third kappa shape index (κ3) is 3.68. The molecule has 0 aromatic heterocycles. The number of aliphatic hydroxyl groups is 1. The Kier molecular flexibility index (Phi) is 4.98. The first-order valence-electron chi connectivity index (χ1n) is 3.56. The molecule has 1 saturated heterocycles. The van der Waals surface area contributed by atoms with E-state index in [1.165, 1.54) is 0 Å². The van der Waals surface area contributed by atoms with E-state index in [4.69, 9.17) is 5.11 Å². The van der Waals surface area contributed by atoms with Crippen LogP contribution in [0.4, 0.5) is 13.2 Å². The van der Waals surface area contributed by atoms with Crippen LogP contribution in [-0.4, -0.2) is 43.2 Å². The van der Waals surface area contributed by atoms with Gasteiger partial charge >= 0.3 is 6.18 Å². The van der Waals surface area contributed by atoms with E-state index in [0.717, 1.165) is 0 Å². The van der Waals surface area contributed by atoms with Crippen molar-refractivity contribution in [2.45, 2.75) is 18.3 Å². The van der Waals surface area contributed by atoms with Gasteiger partial charge in [-0.15, -0.1) is 12.4 Å². The zero-order valence-electron chi connectivity index (χ0n) is 6.67. The number of aliphatic hydroxyl groups excluding tert-OH is 1. The first-order chi connectivity index (χ1) is 5.54. The van der Waals surface area contributed by atoms with Crippen LogP contribution in [0.1, 0.15) is 0 Å². The van der Waals surface area contributed by atoms with Crippen molar-refractivity contribution in [1.29, 1.82) is 0 Å². The largest absolute Gasteiger partial charge is 0.415 e. The normalized spacial score (nSPS) is 29.5. The predicted octanol–water partition coefficient (Wildman–Crippen LogP) is 0.320. The summed E-state index contributed by atoms with van der Waals surface area (Å²) in [6.45, 7) is -0.583. The van der Waals surface area contributed by atoms with E-state index in [0.29, 0.717) is 0 Å². The molecule has 1 aliphatic heterocycles. The third-order valence-corrected chi connectivity index (χ3v) is 1.68. The number of ether oxygens (including phenoxy) is 1. The Morgan fingerprint density at radius 1 is 1.46 bits per heavy atom. The monoisotopic (exact) mass is 221 g/mol. The Morgan fingerprint density at radius 2 is 2.08 bits per heavy atom. The minimum absolute atomic E-state index is 0. The summed E-state index contributed by atoms with van der Waals surface area (Å²) in [5.41, 5.74) is 0. The van der Waals surface area contributed by atoms with E-state index >= 15 is 0 Å². The molecule has 13 heavy (non-hydrogen) atoms. The quantitative estimate of drug-likeness (QED) is 0.670. The van der Waals surface area contributed by atoms with Gasteiger partial charge in [-0.2, -0.15) is 13.2 Å². The summed E-state index contributed by atoms with van der Waals surface area (Å²) in [7, 11) is 0. The van der Waals surface area contributed by atoms with Crippen molar-refractivity contribution in [1.82, 2.24) is 5.32 Å². The molecule has 0 spiro atoms. The minimum Gasteiger partial charge on any atom is -0.395 e. The van der Waals surface area contributed by atoms with E-state index in [2.05, 4.69) is 10.1 Å². The molecule has 2 atom stereocenters. The van der Waals surface area contributed by atoms with Gasteiger partial charge in [0, 0.05) is 6.54 Å². The fraction of sp³-hybridized carbons (Fsp3) is 1.00. The second kappa shape index (κ2) is 4.99. The lowest BCUT2D eigenvalue weighted by molar-refractivity contribution is -0.229. The Hall–Kier alpha value is -0.0400. The van der Waals surface area contributed by atoms with E-state index in [1.54, 1.807) is 0 Å². The molecular formula is C6H11ClF3NO2. The van der Waals surface area contributed by atoms with Crippen LogP contribution in [-0.2, 0) is 4.74 Å². The highest BCUT2D eigenvalue weighted by atomic mass is 35.5. The van der Waals surface area contributed by atoms with Crippen molar-refractivity contribution < 1.29 is 23.0 Å². The minimum atomic E-state index is -4.31. The van der Waals surface area contributed by atoms with Gasteiger partial charge in [0.05, 0.1) is 19.3 Å². The molecule has 0 bridgehead atoms. The van der Waals surface area contributed by atoms with Crippen LogP contribution in [0.25, 0.3) is 0 Å². The van der Waals surface area contributed by atoms with E-state index in [9.17, 15) is 13.2 Å². The zero-order valence-corrected chi connectivity index (χ0v) is 7.49. The van der Waals surface area contributed by atoms with Gasteiger partial charge in [0.15, 0.2) is 6.10 Å². The van der Waals surface area contributed by atoms with Crippen molar-refractivity contribution in [3.8, 4) is 0 Å².